The van der Waals surface area contributed by atoms with Crippen LogP contribution in [-0.4, -0.2) is 17.6 Å². The minimum absolute atomic E-state index is 0.0159. The Morgan fingerprint density at radius 2 is 1.61 bits per heavy atom. The Labute approximate surface area is 160 Å². The highest BCUT2D eigenvalue weighted by Crippen LogP contribution is 2.27. The van der Waals surface area contributed by atoms with Crippen LogP contribution in [0.4, 0.5) is 0 Å². The average Bonchev–Trinajstić information content (AvgIpc) is 2.76. The topological polar surface area (TPSA) is 77.3 Å². The molecule has 138 valence electrons. The number of hydrogen-bond donors (Lipinski definition) is 0. The van der Waals surface area contributed by atoms with Gasteiger partial charge in [0, 0.05) is 22.6 Å². The van der Waals surface area contributed by atoms with Crippen LogP contribution in [0.25, 0.3) is 22.3 Å². The molecule has 1 heterocycles. The molecule has 0 spiro atoms. The fraction of sp³-hybridized carbons (Fsp3) is 0.0455. The fourth-order valence-electron chi connectivity index (χ4n) is 3.17. The first-order valence-corrected chi connectivity index (χ1v) is 8.64. The van der Waals surface area contributed by atoms with E-state index in [0.29, 0.717) is 26.0 Å². The summed E-state index contributed by atoms with van der Waals surface area (Å²) in [7, 11) is 1.47. The number of carbonyl (C=O) groups excluding carboxylic acids is 1. The molecule has 28 heavy (non-hydrogen) atoms. The molecule has 4 rings (SSSR count). The zero-order valence-corrected chi connectivity index (χ0v) is 15.0. The van der Waals surface area contributed by atoms with Gasteiger partial charge < -0.3 is 14.7 Å². The number of carbonyl (C=O) groups is 1. The number of ketones is 1. The lowest BCUT2D eigenvalue weighted by Crippen LogP contribution is -2.27. The molecule has 0 amide bonds. The van der Waals surface area contributed by atoms with E-state index < -0.39 is 5.78 Å². The zero-order chi connectivity index (χ0) is 19.7. The van der Waals surface area contributed by atoms with Gasteiger partial charge in [-0.15, -0.1) is 0 Å². The molecule has 6 nitrogen and oxygen atoms in total. The molecule has 0 atom stereocenters. The quantitative estimate of drug-likeness (QED) is 0.403. The van der Waals surface area contributed by atoms with Crippen LogP contribution >= 0.6 is 0 Å². The monoisotopic (exact) mass is 372 g/mol. The van der Waals surface area contributed by atoms with Crippen molar-refractivity contribution < 1.29 is 14.0 Å². The number of aromatic nitrogens is 2. The molecule has 1 aromatic heterocycles. The summed E-state index contributed by atoms with van der Waals surface area (Å²) < 4.78 is 6.32. The fourth-order valence-corrected chi connectivity index (χ4v) is 3.17. The van der Waals surface area contributed by atoms with Gasteiger partial charge in [-0.25, -0.2) is 0 Å². The Morgan fingerprint density at radius 1 is 0.964 bits per heavy atom. The molecular weight excluding hydrogens is 356 g/mol. The molecule has 0 aliphatic rings. The highest BCUT2D eigenvalue weighted by molar-refractivity contribution is 6.11. The van der Waals surface area contributed by atoms with Gasteiger partial charge in [0.2, 0.25) is 5.78 Å². The Balaban J connectivity index is 2.12. The highest BCUT2D eigenvalue weighted by atomic mass is 16.5. The van der Waals surface area contributed by atoms with Crippen molar-refractivity contribution in [2.75, 3.05) is 7.11 Å². The SMILES string of the molecule is COc1ccc2c(c1)n([O-])c(C(=O)c1ccccc1)c(-c1ccccc1)[n+]2=O. The minimum Gasteiger partial charge on any atom is -0.805 e. The molecular formula is C22H16N2O4. The van der Waals surface area contributed by atoms with Crippen LogP contribution in [0, 0.1) is 10.1 Å². The molecule has 0 aliphatic carbocycles. The second-order valence-electron chi connectivity index (χ2n) is 6.20. The van der Waals surface area contributed by atoms with Crippen molar-refractivity contribution in [1.29, 1.82) is 0 Å². The minimum atomic E-state index is -0.524. The molecule has 0 radical (unpaired) electrons. The van der Waals surface area contributed by atoms with Crippen LogP contribution in [0.3, 0.4) is 0 Å². The standard InChI is InChI=1S/C22H16N2O4/c1-28-17-12-13-18-19(14-17)24(27)21(22(25)16-10-6-3-7-11-16)20(23(18)26)15-8-4-2-5-9-15/h2-14H,1H3. The lowest BCUT2D eigenvalue weighted by molar-refractivity contribution is -0.452. The van der Waals surface area contributed by atoms with E-state index in [9.17, 15) is 14.9 Å². The Bertz CT molecular complexity index is 1230. The Morgan fingerprint density at radius 3 is 2.25 bits per heavy atom. The van der Waals surface area contributed by atoms with Gasteiger partial charge in [0.1, 0.15) is 11.3 Å². The maximum Gasteiger partial charge on any atom is 0.298 e. The highest BCUT2D eigenvalue weighted by Gasteiger charge is 2.29. The second kappa shape index (κ2) is 7.00. The molecule has 0 N–H and O–H groups in total. The largest absolute Gasteiger partial charge is 0.805 e. The third-order valence-corrected chi connectivity index (χ3v) is 4.55. The van der Waals surface area contributed by atoms with E-state index >= 15 is 0 Å². The Hall–Kier alpha value is -3.93. The zero-order valence-electron chi connectivity index (χ0n) is 15.0. The normalized spacial score (nSPS) is 10.8. The van der Waals surface area contributed by atoms with Crippen molar-refractivity contribution in [3.8, 4) is 17.0 Å². The lowest BCUT2D eigenvalue weighted by atomic mass is 10.0. The van der Waals surface area contributed by atoms with Crippen LogP contribution < -0.4 is 9.16 Å². The summed E-state index contributed by atoms with van der Waals surface area (Å²) in [6.07, 6.45) is 0. The molecule has 0 fully saturated rings. The van der Waals surface area contributed by atoms with Crippen molar-refractivity contribution in [1.82, 2.24) is 4.73 Å². The summed E-state index contributed by atoms with van der Waals surface area (Å²) >= 11 is 0. The van der Waals surface area contributed by atoms with Crippen molar-refractivity contribution in [2.45, 2.75) is 0 Å². The first-order valence-electron chi connectivity index (χ1n) is 8.64. The van der Waals surface area contributed by atoms with Gasteiger partial charge in [-0.2, -0.15) is 0 Å². The summed E-state index contributed by atoms with van der Waals surface area (Å²) in [6.45, 7) is 0. The van der Waals surface area contributed by atoms with Gasteiger partial charge in [-0.05, 0) is 18.2 Å². The van der Waals surface area contributed by atoms with Gasteiger partial charge in [-0.3, -0.25) is 4.79 Å². The number of nitrogens with zero attached hydrogens (tertiary/aromatic N) is 2. The van der Waals surface area contributed by atoms with Gasteiger partial charge in [-0.1, -0.05) is 48.5 Å². The average molecular weight is 372 g/mol. The third kappa shape index (κ3) is 2.81. The van der Waals surface area contributed by atoms with Crippen LogP contribution in [0.15, 0.2) is 78.9 Å². The first kappa shape index (κ1) is 17.5. The van der Waals surface area contributed by atoms with E-state index in [0.717, 1.165) is 0 Å². The predicted octanol–water partition coefficient (Wildman–Crippen LogP) is 3.81. The summed E-state index contributed by atoms with van der Waals surface area (Å²) in [5, 5.41) is 13.2. The third-order valence-electron chi connectivity index (χ3n) is 4.55. The van der Waals surface area contributed by atoms with E-state index in [4.69, 9.17) is 4.74 Å². The summed E-state index contributed by atoms with van der Waals surface area (Å²) in [6, 6.07) is 21.7. The summed E-state index contributed by atoms with van der Waals surface area (Å²) in [5.74, 6) is -0.105. The smallest absolute Gasteiger partial charge is 0.298 e. The lowest BCUT2D eigenvalue weighted by Gasteiger charge is -2.19. The number of fused-ring (bicyclic) bond motifs is 1. The van der Waals surface area contributed by atoms with Gasteiger partial charge >= 0.3 is 0 Å². The van der Waals surface area contributed by atoms with E-state index in [-0.39, 0.29) is 22.4 Å². The van der Waals surface area contributed by atoms with Crippen molar-refractivity contribution >= 4 is 16.8 Å². The van der Waals surface area contributed by atoms with Crippen LogP contribution in [0.5, 0.6) is 5.75 Å². The maximum atomic E-state index is 13.2. The molecule has 3 aromatic carbocycles. The van der Waals surface area contributed by atoms with Crippen LogP contribution in [0.1, 0.15) is 16.1 Å². The molecule has 0 saturated carbocycles. The molecule has 0 saturated heterocycles. The molecule has 0 aliphatic heterocycles. The van der Waals surface area contributed by atoms with E-state index in [1.807, 2.05) is 0 Å². The van der Waals surface area contributed by atoms with Crippen molar-refractivity contribution in [3.05, 3.63) is 100 Å². The summed E-state index contributed by atoms with van der Waals surface area (Å²) in [4.78, 5) is 26.4. The molecule has 4 aromatic rings. The van der Waals surface area contributed by atoms with E-state index in [1.165, 1.54) is 19.2 Å². The van der Waals surface area contributed by atoms with Crippen LogP contribution in [-0.2, 0) is 0 Å². The predicted molar refractivity (Wildman–Crippen MR) is 106 cm³/mol. The number of hydrogen-bond acceptors (Lipinski definition) is 4. The van der Waals surface area contributed by atoms with Gasteiger partial charge in [0.05, 0.1) is 17.1 Å². The van der Waals surface area contributed by atoms with Crippen molar-refractivity contribution in [2.24, 2.45) is 0 Å². The van der Waals surface area contributed by atoms with E-state index in [1.54, 1.807) is 66.7 Å². The number of benzene rings is 3. The van der Waals surface area contributed by atoms with E-state index in [2.05, 4.69) is 0 Å². The van der Waals surface area contributed by atoms with Crippen molar-refractivity contribution in [3.63, 3.8) is 0 Å². The summed E-state index contributed by atoms with van der Waals surface area (Å²) in [5.41, 5.74) is 0.813. The first-order chi connectivity index (χ1) is 13.6. The molecule has 6 heteroatoms. The number of methoxy groups -OCH3 is 1. The number of ether oxygens (including phenoxy) is 1. The van der Waals surface area contributed by atoms with Gasteiger partial charge in [0.25, 0.3) is 11.2 Å². The second-order valence-corrected chi connectivity index (χ2v) is 6.20. The Kier molecular flexibility index (Phi) is 4.37. The molecule has 0 unspecified atom stereocenters. The van der Waals surface area contributed by atoms with Gasteiger partial charge in [0.15, 0.2) is 5.69 Å². The molecule has 0 bridgehead atoms. The maximum absolute atomic E-state index is 13.2. The number of rotatable bonds is 4. The van der Waals surface area contributed by atoms with Crippen LogP contribution in [0.2, 0.25) is 0 Å².